The van der Waals surface area contributed by atoms with Crippen LogP contribution in [0.5, 0.6) is 0 Å². The normalized spacial score (nSPS) is 14.7. The first-order valence-electron chi connectivity index (χ1n) is 10.3. The number of hydrogen-bond donors (Lipinski definition) is 3. The lowest BCUT2D eigenvalue weighted by Gasteiger charge is -2.26. The van der Waals surface area contributed by atoms with E-state index in [1.807, 2.05) is 18.2 Å². The number of anilines is 2. The van der Waals surface area contributed by atoms with Gasteiger partial charge in [-0.3, -0.25) is 10.00 Å². The maximum absolute atomic E-state index is 5.38. The maximum Gasteiger partial charge on any atom is 0.224 e. The largest absolute Gasteiger partial charge is 0.379 e. The Hall–Kier alpha value is -3.08. The lowest BCUT2D eigenvalue weighted by atomic mass is 10.2. The molecule has 3 N–H and O–H groups in total. The van der Waals surface area contributed by atoms with E-state index < -0.39 is 0 Å². The van der Waals surface area contributed by atoms with E-state index in [4.69, 9.17) is 9.72 Å². The van der Waals surface area contributed by atoms with Gasteiger partial charge in [-0.15, -0.1) is 0 Å². The molecule has 1 saturated heterocycles. The van der Waals surface area contributed by atoms with Crippen LogP contribution in [0.25, 0.3) is 22.4 Å². The van der Waals surface area contributed by atoms with Gasteiger partial charge < -0.3 is 15.4 Å². The van der Waals surface area contributed by atoms with E-state index in [1.165, 1.54) is 5.56 Å². The van der Waals surface area contributed by atoms with Crippen LogP contribution in [0.1, 0.15) is 5.56 Å². The molecule has 1 aliphatic rings. The zero-order valence-corrected chi connectivity index (χ0v) is 17.9. The van der Waals surface area contributed by atoms with Crippen LogP contribution in [0.4, 0.5) is 11.8 Å². The number of nitrogens with one attached hydrogen (secondary N) is 3. The average molecular weight is 437 g/mol. The number of thiophene rings is 1. The standard InChI is InChI=1S/C21H24N8OS/c1-2-17(25-18(3-1)23-12-15-4-11-31-14-15)19-16-13-24-21(26-20(16)28-27-19)22-5-6-29-7-9-30-10-8-29/h1-4,11,13-14H,5-10,12H2,(H,23,25)(H2,22,24,26,27,28). The van der Waals surface area contributed by atoms with Crippen molar-refractivity contribution in [2.75, 3.05) is 50.0 Å². The van der Waals surface area contributed by atoms with Gasteiger partial charge in [-0.2, -0.15) is 21.4 Å². The first kappa shape index (κ1) is 19.9. The molecule has 5 heterocycles. The molecule has 0 spiro atoms. The van der Waals surface area contributed by atoms with Crippen molar-refractivity contribution in [2.24, 2.45) is 0 Å². The second kappa shape index (κ2) is 9.38. The van der Waals surface area contributed by atoms with Crippen molar-refractivity contribution in [3.8, 4) is 11.4 Å². The number of ether oxygens (including phenoxy) is 1. The number of nitrogens with zero attached hydrogens (tertiary/aromatic N) is 5. The van der Waals surface area contributed by atoms with E-state index in [2.05, 4.69) is 52.5 Å². The van der Waals surface area contributed by atoms with Gasteiger partial charge in [0, 0.05) is 38.9 Å². The quantitative estimate of drug-likeness (QED) is 0.387. The van der Waals surface area contributed by atoms with E-state index >= 15 is 0 Å². The zero-order valence-electron chi connectivity index (χ0n) is 17.0. The van der Waals surface area contributed by atoms with E-state index in [-0.39, 0.29) is 0 Å². The van der Waals surface area contributed by atoms with Gasteiger partial charge in [0.15, 0.2) is 5.65 Å². The summed E-state index contributed by atoms with van der Waals surface area (Å²) in [6.07, 6.45) is 1.80. The molecular formula is C21H24N8OS. The summed E-state index contributed by atoms with van der Waals surface area (Å²) >= 11 is 1.69. The monoisotopic (exact) mass is 436 g/mol. The van der Waals surface area contributed by atoms with Crippen molar-refractivity contribution in [3.63, 3.8) is 0 Å². The Balaban J connectivity index is 1.25. The lowest BCUT2D eigenvalue weighted by molar-refractivity contribution is 0.0398. The van der Waals surface area contributed by atoms with Crippen molar-refractivity contribution in [1.29, 1.82) is 0 Å². The van der Waals surface area contributed by atoms with Crippen molar-refractivity contribution >= 4 is 34.1 Å². The number of hydrogen-bond acceptors (Lipinski definition) is 9. The fraction of sp³-hybridized carbons (Fsp3) is 0.333. The molecule has 0 radical (unpaired) electrons. The summed E-state index contributed by atoms with van der Waals surface area (Å²) < 4.78 is 5.38. The molecule has 10 heteroatoms. The van der Waals surface area contributed by atoms with Crippen molar-refractivity contribution in [2.45, 2.75) is 6.54 Å². The number of fused-ring (bicyclic) bond motifs is 1. The molecule has 0 bridgehead atoms. The van der Waals surface area contributed by atoms with Crippen LogP contribution in [0, 0.1) is 0 Å². The molecule has 0 aliphatic carbocycles. The Morgan fingerprint density at radius 3 is 2.94 bits per heavy atom. The molecule has 1 fully saturated rings. The van der Waals surface area contributed by atoms with Crippen LogP contribution in [0.3, 0.4) is 0 Å². The highest BCUT2D eigenvalue weighted by Crippen LogP contribution is 2.25. The van der Waals surface area contributed by atoms with Crippen LogP contribution in [0.15, 0.2) is 41.2 Å². The summed E-state index contributed by atoms with van der Waals surface area (Å²) in [5.41, 5.74) is 3.48. The first-order valence-corrected chi connectivity index (χ1v) is 11.3. The Kier molecular flexibility index (Phi) is 6.01. The number of aromatic amines is 1. The van der Waals surface area contributed by atoms with Gasteiger partial charge >= 0.3 is 0 Å². The summed E-state index contributed by atoms with van der Waals surface area (Å²) in [6, 6.07) is 8.00. The predicted molar refractivity (Wildman–Crippen MR) is 122 cm³/mol. The molecule has 0 aromatic carbocycles. The maximum atomic E-state index is 5.38. The highest BCUT2D eigenvalue weighted by Gasteiger charge is 2.13. The Bertz CT molecular complexity index is 1120. The van der Waals surface area contributed by atoms with E-state index in [0.717, 1.165) is 68.5 Å². The topological polar surface area (TPSA) is 104 Å². The summed E-state index contributed by atoms with van der Waals surface area (Å²) in [6.45, 7) is 6.01. The summed E-state index contributed by atoms with van der Waals surface area (Å²) in [5, 5.41) is 19.1. The minimum atomic E-state index is 0.581. The third-order valence-electron chi connectivity index (χ3n) is 5.19. The number of H-pyrrole nitrogens is 1. The summed E-state index contributed by atoms with van der Waals surface area (Å²) in [5.74, 6) is 1.40. The molecule has 31 heavy (non-hydrogen) atoms. The zero-order chi connectivity index (χ0) is 20.9. The van der Waals surface area contributed by atoms with Gasteiger partial charge in [0.25, 0.3) is 0 Å². The van der Waals surface area contributed by atoms with Gasteiger partial charge in [-0.05, 0) is 34.5 Å². The van der Waals surface area contributed by atoms with Gasteiger partial charge in [0.05, 0.1) is 30.0 Å². The SMILES string of the molecule is c1cc(NCc2ccsc2)nc(-c2[nH]nc3nc(NCCN4CCOCC4)ncc23)c1. The van der Waals surface area contributed by atoms with Crippen LogP contribution in [0.2, 0.25) is 0 Å². The number of pyridine rings is 1. The fourth-order valence-electron chi connectivity index (χ4n) is 3.49. The van der Waals surface area contributed by atoms with E-state index in [9.17, 15) is 0 Å². The molecule has 4 aromatic heterocycles. The van der Waals surface area contributed by atoms with E-state index in [1.54, 1.807) is 17.5 Å². The van der Waals surface area contributed by atoms with Crippen molar-refractivity contribution < 1.29 is 4.74 Å². The summed E-state index contributed by atoms with van der Waals surface area (Å²) in [7, 11) is 0. The van der Waals surface area contributed by atoms with Gasteiger partial charge in [-0.25, -0.2) is 9.97 Å². The molecule has 0 saturated carbocycles. The predicted octanol–water partition coefficient (Wildman–Crippen LogP) is 2.83. The molecule has 9 nitrogen and oxygen atoms in total. The molecule has 0 atom stereocenters. The fourth-order valence-corrected chi connectivity index (χ4v) is 4.16. The van der Waals surface area contributed by atoms with Crippen LogP contribution < -0.4 is 10.6 Å². The van der Waals surface area contributed by atoms with Crippen molar-refractivity contribution in [1.82, 2.24) is 30.0 Å². The molecule has 0 amide bonds. The van der Waals surface area contributed by atoms with Gasteiger partial charge in [0.2, 0.25) is 5.95 Å². The van der Waals surface area contributed by atoms with E-state index in [0.29, 0.717) is 11.6 Å². The van der Waals surface area contributed by atoms with Crippen LogP contribution in [-0.4, -0.2) is 69.4 Å². The summed E-state index contributed by atoms with van der Waals surface area (Å²) in [4.78, 5) is 16.1. The molecule has 160 valence electrons. The van der Waals surface area contributed by atoms with Crippen LogP contribution >= 0.6 is 11.3 Å². The third-order valence-corrected chi connectivity index (χ3v) is 5.92. The second-order valence-electron chi connectivity index (χ2n) is 7.30. The Morgan fingerprint density at radius 2 is 2.06 bits per heavy atom. The molecule has 5 rings (SSSR count). The van der Waals surface area contributed by atoms with Gasteiger partial charge in [-0.1, -0.05) is 6.07 Å². The molecule has 0 unspecified atom stereocenters. The molecular weight excluding hydrogens is 412 g/mol. The third kappa shape index (κ3) is 4.82. The van der Waals surface area contributed by atoms with Gasteiger partial charge in [0.1, 0.15) is 5.82 Å². The van der Waals surface area contributed by atoms with Crippen molar-refractivity contribution in [3.05, 3.63) is 46.8 Å². The minimum Gasteiger partial charge on any atom is -0.379 e. The highest BCUT2D eigenvalue weighted by atomic mass is 32.1. The highest BCUT2D eigenvalue weighted by molar-refractivity contribution is 7.07. The number of aromatic nitrogens is 5. The minimum absolute atomic E-state index is 0.581. The molecule has 1 aliphatic heterocycles. The lowest BCUT2D eigenvalue weighted by Crippen LogP contribution is -2.39. The second-order valence-corrected chi connectivity index (χ2v) is 8.08. The Labute approximate surface area is 183 Å². The first-order chi connectivity index (χ1) is 15.3. The van der Waals surface area contributed by atoms with Crippen LogP contribution in [-0.2, 0) is 11.3 Å². The Morgan fingerprint density at radius 1 is 1.13 bits per heavy atom. The number of rotatable bonds is 8. The smallest absolute Gasteiger partial charge is 0.224 e. The number of morpholine rings is 1. The molecule has 4 aromatic rings. The average Bonchev–Trinajstić information content (AvgIpc) is 3.48.